The Kier molecular flexibility index (Phi) is 3.47. The molecule has 0 amide bonds. The molecule has 0 atom stereocenters. The molecular formula is C12H11F3N2O3. The van der Waals surface area contributed by atoms with Crippen LogP contribution >= 0.6 is 0 Å². The van der Waals surface area contributed by atoms with Crippen LogP contribution in [0.3, 0.4) is 0 Å². The lowest BCUT2D eigenvalue weighted by Crippen LogP contribution is -2.09. The third-order valence-electron chi connectivity index (χ3n) is 2.63. The molecule has 8 heteroatoms. The Morgan fingerprint density at radius 1 is 1.15 bits per heavy atom. The molecule has 20 heavy (non-hydrogen) atoms. The van der Waals surface area contributed by atoms with Crippen LogP contribution in [-0.4, -0.2) is 19.4 Å². The van der Waals surface area contributed by atoms with Gasteiger partial charge < -0.3 is 19.7 Å². The molecule has 2 N–H and O–H groups in total. The van der Waals surface area contributed by atoms with E-state index in [-0.39, 0.29) is 22.9 Å². The van der Waals surface area contributed by atoms with E-state index < -0.39 is 17.5 Å². The molecule has 0 fully saturated rings. The van der Waals surface area contributed by atoms with E-state index in [4.69, 9.17) is 19.7 Å². The van der Waals surface area contributed by atoms with Crippen molar-refractivity contribution < 1.29 is 27.2 Å². The summed E-state index contributed by atoms with van der Waals surface area (Å²) in [6.45, 7) is 0. The van der Waals surface area contributed by atoms with E-state index in [1.165, 1.54) is 19.2 Å². The third kappa shape index (κ3) is 2.36. The highest BCUT2D eigenvalue weighted by molar-refractivity contribution is 5.73. The van der Waals surface area contributed by atoms with E-state index in [0.717, 1.165) is 13.2 Å². The summed E-state index contributed by atoms with van der Waals surface area (Å²) in [5.74, 6) is -0.462. The first-order valence-electron chi connectivity index (χ1n) is 5.43. The highest BCUT2D eigenvalue weighted by Gasteiger charge is 2.36. The predicted molar refractivity (Wildman–Crippen MR) is 64.5 cm³/mol. The predicted octanol–water partition coefficient (Wildman–Crippen LogP) is 2.96. The Morgan fingerprint density at radius 3 is 2.25 bits per heavy atom. The van der Waals surface area contributed by atoms with Crippen LogP contribution < -0.4 is 15.2 Å². The van der Waals surface area contributed by atoms with Crippen LogP contribution in [0.2, 0.25) is 0 Å². The summed E-state index contributed by atoms with van der Waals surface area (Å²) in [6, 6.07) is 3.49. The van der Waals surface area contributed by atoms with Crippen molar-refractivity contribution in [3.05, 3.63) is 23.8 Å². The van der Waals surface area contributed by atoms with Crippen molar-refractivity contribution in [2.24, 2.45) is 0 Å². The van der Waals surface area contributed by atoms with E-state index in [2.05, 4.69) is 5.16 Å². The molecule has 0 aliphatic rings. The Morgan fingerprint density at radius 2 is 1.80 bits per heavy atom. The van der Waals surface area contributed by atoms with Crippen LogP contribution in [0.25, 0.3) is 11.3 Å². The second-order valence-electron chi connectivity index (χ2n) is 3.84. The number of nitrogens with zero attached hydrogens (tertiary/aromatic N) is 1. The Balaban J connectivity index is 2.67. The molecule has 1 aromatic carbocycles. The van der Waals surface area contributed by atoms with Crippen molar-refractivity contribution in [2.75, 3.05) is 20.0 Å². The maximum Gasteiger partial charge on any atom is 0.420 e. The summed E-state index contributed by atoms with van der Waals surface area (Å²) in [5, 5.41) is 3.65. The maximum atomic E-state index is 12.9. The highest BCUT2D eigenvalue weighted by atomic mass is 19.4. The van der Waals surface area contributed by atoms with E-state index in [0.29, 0.717) is 0 Å². The van der Waals surface area contributed by atoms with Crippen molar-refractivity contribution in [3.63, 3.8) is 0 Å². The summed E-state index contributed by atoms with van der Waals surface area (Å²) in [7, 11) is 2.37. The zero-order valence-electron chi connectivity index (χ0n) is 10.6. The topological polar surface area (TPSA) is 70.5 Å². The first kappa shape index (κ1) is 14.0. The zero-order valence-corrected chi connectivity index (χ0v) is 10.6. The molecule has 0 aliphatic carbocycles. The fourth-order valence-corrected chi connectivity index (χ4v) is 1.81. The number of rotatable bonds is 3. The Bertz CT molecular complexity index is 623. The number of hydrogen-bond donors (Lipinski definition) is 1. The lowest BCUT2D eigenvalue weighted by atomic mass is 10.1. The number of nitrogens with two attached hydrogens (primary N) is 1. The van der Waals surface area contributed by atoms with Crippen LogP contribution in [0.5, 0.6) is 11.5 Å². The molecule has 108 valence electrons. The third-order valence-corrected chi connectivity index (χ3v) is 2.63. The molecule has 1 heterocycles. The molecule has 1 aromatic heterocycles. The molecule has 2 rings (SSSR count). The molecular weight excluding hydrogens is 277 g/mol. The minimum atomic E-state index is -4.56. The number of nitrogen functional groups attached to an aromatic ring is 1. The fourth-order valence-electron chi connectivity index (χ4n) is 1.81. The van der Waals surface area contributed by atoms with E-state index in [1.54, 1.807) is 0 Å². The van der Waals surface area contributed by atoms with Gasteiger partial charge in [0.2, 0.25) is 5.88 Å². The summed E-state index contributed by atoms with van der Waals surface area (Å²) in [6.07, 6.45) is -4.56. The molecule has 0 saturated heterocycles. The average molecular weight is 288 g/mol. The number of methoxy groups -OCH3 is 2. The molecule has 0 radical (unpaired) electrons. The Labute approximate surface area is 112 Å². The molecule has 0 aliphatic heterocycles. The van der Waals surface area contributed by atoms with Crippen LogP contribution in [0.15, 0.2) is 22.7 Å². The minimum Gasteiger partial charge on any atom is -0.492 e. The second-order valence-corrected chi connectivity index (χ2v) is 3.84. The summed E-state index contributed by atoms with van der Waals surface area (Å²) >= 11 is 0. The van der Waals surface area contributed by atoms with Gasteiger partial charge in [-0.1, -0.05) is 5.16 Å². The smallest absolute Gasteiger partial charge is 0.420 e. The summed E-state index contributed by atoms with van der Waals surface area (Å²) in [5.41, 5.74) is 5.01. The van der Waals surface area contributed by atoms with Gasteiger partial charge in [-0.2, -0.15) is 13.2 Å². The number of benzene rings is 1. The maximum absolute atomic E-state index is 12.9. The van der Waals surface area contributed by atoms with Crippen molar-refractivity contribution in [3.8, 4) is 22.8 Å². The van der Waals surface area contributed by atoms with Gasteiger partial charge in [0.15, 0.2) is 11.5 Å². The average Bonchev–Trinajstić information content (AvgIpc) is 2.82. The first-order valence-corrected chi connectivity index (χ1v) is 5.43. The summed E-state index contributed by atoms with van der Waals surface area (Å²) in [4.78, 5) is 0. The van der Waals surface area contributed by atoms with E-state index in [9.17, 15) is 13.2 Å². The normalized spacial score (nSPS) is 11.4. The van der Waals surface area contributed by atoms with Crippen LogP contribution in [0.1, 0.15) is 5.56 Å². The van der Waals surface area contributed by atoms with Crippen molar-refractivity contribution >= 4 is 5.88 Å². The fraction of sp³-hybridized carbons (Fsp3) is 0.250. The summed E-state index contributed by atoms with van der Waals surface area (Å²) < 4.78 is 53.2. The van der Waals surface area contributed by atoms with Gasteiger partial charge in [0.05, 0.1) is 14.2 Å². The standard InChI is InChI=1S/C12H11F3N2O3/c1-18-10-6(8-5-9(16)20-17-8)3-4-7(11(10)19-2)12(13,14)15/h3-5H,16H2,1-2H3. The van der Waals surface area contributed by atoms with E-state index in [1.807, 2.05) is 0 Å². The second kappa shape index (κ2) is 4.95. The number of aromatic nitrogens is 1. The van der Waals surface area contributed by atoms with Crippen molar-refractivity contribution in [1.82, 2.24) is 5.16 Å². The number of alkyl halides is 3. The number of anilines is 1. The first-order chi connectivity index (χ1) is 9.38. The van der Waals surface area contributed by atoms with Gasteiger partial charge in [0.25, 0.3) is 0 Å². The van der Waals surface area contributed by atoms with Gasteiger partial charge in [-0.05, 0) is 12.1 Å². The lowest BCUT2D eigenvalue weighted by Gasteiger charge is -2.17. The lowest BCUT2D eigenvalue weighted by molar-refractivity contribution is -0.138. The van der Waals surface area contributed by atoms with Crippen LogP contribution in [0.4, 0.5) is 19.1 Å². The zero-order chi connectivity index (χ0) is 14.9. The van der Waals surface area contributed by atoms with Gasteiger partial charge in [0, 0.05) is 11.6 Å². The van der Waals surface area contributed by atoms with E-state index >= 15 is 0 Å². The minimum absolute atomic E-state index is 0.0425. The SMILES string of the molecule is COc1c(-c2cc(N)on2)ccc(C(F)(F)F)c1OC. The molecule has 0 spiro atoms. The molecule has 2 aromatic rings. The molecule has 0 saturated carbocycles. The number of halogens is 3. The number of ether oxygens (including phenoxy) is 2. The number of hydrogen-bond acceptors (Lipinski definition) is 5. The monoisotopic (exact) mass is 288 g/mol. The molecule has 0 unspecified atom stereocenters. The largest absolute Gasteiger partial charge is 0.492 e. The molecule has 5 nitrogen and oxygen atoms in total. The van der Waals surface area contributed by atoms with Crippen molar-refractivity contribution in [1.29, 1.82) is 0 Å². The quantitative estimate of drug-likeness (QED) is 0.940. The van der Waals surface area contributed by atoms with Crippen LogP contribution in [0, 0.1) is 0 Å². The van der Waals surface area contributed by atoms with Gasteiger partial charge in [-0.3, -0.25) is 0 Å². The molecule has 0 bridgehead atoms. The van der Waals surface area contributed by atoms with Gasteiger partial charge in [-0.25, -0.2) is 0 Å². The van der Waals surface area contributed by atoms with Crippen LogP contribution in [-0.2, 0) is 6.18 Å². The van der Waals surface area contributed by atoms with Gasteiger partial charge in [-0.15, -0.1) is 0 Å². The van der Waals surface area contributed by atoms with Gasteiger partial charge in [0.1, 0.15) is 11.3 Å². The van der Waals surface area contributed by atoms with Crippen molar-refractivity contribution in [2.45, 2.75) is 6.18 Å². The highest BCUT2D eigenvalue weighted by Crippen LogP contribution is 2.46. The Hall–Kier alpha value is -2.38. The van der Waals surface area contributed by atoms with Gasteiger partial charge >= 0.3 is 6.18 Å².